The van der Waals surface area contributed by atoms with Crippen LogP contribution in [0.25, 0.3) is 0 Å². The van der Waals surface area contributed by atoms with Gasteiger partial charge in [-0.2, -0.15) is 31.5 Å². The van der Waals surface area contributed by atoms with E-state index in [0.29, 0.717) is 37.5 Å². The number of hydrogen-bond acceptors (Lipinski definition) is 8. The lowest BCUT2D eigenvalue weighted by molar-refractivity contribution is -0.183. The molecule has 16 heteroatoms. The minimum Gasteiger partial charge on any atom is -0.490 e. The number of thiazole rings is 1. The molecule has 2 amide bonds. The van der Waals surface area contributed by atoms with Gasteiger partial charge in [0, 0.05) is 26.2 Å². The van der Waals surface area contributed by atoms with Gasteiger partial charge in [-0.15, -0.1) is 5.11 Å². The Morgan fingerprint density at radius 2 is 1.89 bits per heavy atom. The second-order valence-electron chi connectivity index (χ2n) is 7.69. The molecule has 0 aliphatic carbocycles. The van der Waals surface area contributed by atoms with E-state index in [9.17, 15) is 35.9 Å². The van der Waals surface area contributed by atoms with Crippen LogP contribution in [0.15, 0.2) is 28.4 Å². The topological polar surface area (TPSA) is 96.7 Å². The van der Waals surface area contributed by atoms with E-state index in [4.69, 9.17) is 9.47 Å². The third-order valence-corrected chi connectivity index (χ3v) is 6.13. The second kappa shape index (κ2) is 10.9. The molecule has 0 spiro atoms. The number of piperazine rings is 1. The van der Waals surface area contributed by atoms with Gasteiger partial charge in [-0.3, -0.25) is 9.59 Å². The number of alkyl halides is 6. The summed E-state index contributed by atoms with van der Waals surface area (Å²) in [6.45, 7) is 2.54. The van der Waals surface area contributed by atoms with E-state index < -0.39 is 40.9 Å². The van der Waals surface area contributed by atoms with Crippen molar-refractivity contribution in [3.8, 4) is 0 Å². The first kappa shape index (κ1) is 26.8. The number of ether oxygens (including phenoxy) is 2. The fourth-order valence-electron chi connectivity index (χ4n) is 3.32. The van der Waals surface area contributed by atoms with Crippen LogP contribution in [0.2, 0.25) is 0 Å². The zero-order valence-corrected chi connectivity index (χ0v) is 19.1. The summed E-state index contributed by atoms with van der Waals surface area (Å²) in [7, 11) is 0. The Kier molecular flexibility index (Phi) is 8.35. The van der Waals surface area contributed by atoms with Crippen LogP contribution in [0.3, 0.4) is 0 Å². The van der Waals surface area contributed by atoms with Gasteiger partial charge in [0.25, 0.3) is 5.91 Å². The van der Waals surface area contributed by atoms with E-state index in [2.05, 4.69) is 15.2 Å². The van der Waals surface area contributed by atoms with Crippen molar-refractivity contribution in [2.45, 2.75) is 31.8 Å². The number of anilines is 1. The molecule has 0 radical (unpaired) electrons. The Balaban J connectivity index is 1.37. The fraction of sp³-hybridized carbons (Fsp3) is 0.632. The zero-order chi connectivity index (χ0) is 25.8. The summed E-state index contributed by atoms with van der Waals surface area (Å²) in [6.07, 6.45) is -8.66. The number of rotatable bonds is 8. The third-order valence-electron chi connectivity index (χ3n) is 5.03. The summed E-state index contributed by atoms with van der Waals surface area (Å²) < 4.78 is 87.9. The highest BCUT2D eigenvalue weighted by Gasteiger charge is 2.50. The Morgan fingerprint density at radius 3 is 2.49 bits per heavy atom. The van der Waals surface area contributed by atoms with Gasteiger partial charge in [0.1, 0.15) is 16.7 Å². The van der Waals surface area contributed by atoms with Gasteiger partial charge in [-0.1, -0.05) is 11.3 Å². The monoisotopic (exact) mass is 529 g/mol. The first-order chi connectivity index (χ1) is 16.4. The Morgan fingerprint density at radius 1 is 1.20 bits per heavy atom. The van der Waals surface area contributed by atoms with Gasteiger partial charge in [-0.05, 0) is 6.92 Å². The number of amides is 2. The lowest BCUT2D eigenvalue weighted by Crippen LogP contribution is -2.49. The van der Waals surface area contributed by atoms with Gasteiger partial charge >= 0.3 is 12.4 Å². The van der Waals surface area contributed by atoms with Gasteiger partial charge in [0.05, 0.1) is 32.0 Å². The summed E-state index contributed by atoms with van der Waals surface area (Å²) in [5, 5.41) is 6.34. The van der Waals surface area contributed by atoms with Crippen LogP contribution in [0.5, 0.6) is 0 Å². The highest BCUT2D eigenvalue weighted by Crippen LogP contribution is 2.37. The molecule has 2 aliphatic heterocycles. The minimum atomic E-state index is -4.88. The molecule has 2 aliphatic rings. The fourth-order valence-corrected chi connectivity index (χ4v) is 4.15. The molecule has 3 heterocycles. The van der Waals surface area contributed by atoms with Crippen molar-refractivity contribution in [2.75, 3.05) is 44.3 Å². The molecule has 1 aromatic rings. The molecule has 1 fully saturated rings. The minimum absolute atomic E-state index is 0.00274. The van der Waals surface area contributed by atoms with E-state index in [1.165, 1.54) is 6.92 Å². The van der Waals surface area contributed by atoms with Gasteiger partial charge in [0.15, 0.2) is 11.0 Å². The van der Waals surface area contributed by atoms with Gasteiger partial charge in [0.2, 0.25) is 5.91 Å². The Hall–Kier alpha value is -2.75. The quantitative estimate of drug-likeness (QED) is 0.377. The van der Waals surface area contributed by atoms with E-state index in [1.807, 2.05) is 0 Å². The van der Waals surface area contributed by atoms with Crippen LogP contribution in [-0.2, 0) is 25.2 Å². The molecule has 2 atom stereocenters. The molecule has 3 rings (SSSR count). The first-order valence-electron chi connectivity index (χ1n) is 10.4. The van der Waals surface area contributed by atoms with Crippen molar-refractivity contribution in [3.05, 3.63) is 23.0 Å². The molecular formula is C19H21F6N5O4S. The van der Waals surface area contributed by atoms with Crippen LogP contribution in [-0.4, -0.2) is 73.4 Å². The second-order valence-corrected chi connectivity index (χ2v) is 8.69. The van der Waals surface area contributed by atoms with E-state index in [1.54, 1.807) is 9.80 Å². The molecule has 0 bridgehead atoms. The molecular weight excluding hydrogens is 508 g/mol. The number of nitrogens with zero attached hydrogens (tertiary/aromatic N) is 5. The van der Waals surface area contributed by atoms with E-state index in [0.717, 1.165) is 12.4 Å². The van der Waals surface area contributed by atoms with E-state index >= 15 is 0 Å². The average molecular weight is 529 g/mol. The van der Waals surface area contributed by atoms with Crippen molar-refractivity contribution >= 4 is 28.3 Å². The van der Waals surface area contributed by atoms with Gasteiger partial charge < -0.3 is 19.3 Å². The van der Waals surface area contributed by atoms with Gasteiger partial charge in [-0.25, -0.2) is 4.98 Å². The van der Waals surface area contributed by atoms with E-state index in [-0.39, 0.29) is 30.7 Å². The summed E-state index contributed by atoms with van der Waals surface area (Å²) in [6, 6.07) is 0. The summed E-state index contributed by atoms with van der Waals surface area (Å²) in [5.41, 5.74) is 0. The standard InChI is InChI=1S/C19H21F6N5O4S/c1-11(34-12-8-27-28-16(32)15(12)19(23,24)25)10-33-7-2-14(31)29-3-5-30(6-4-29)17-26-9-13(35-17)18(20,21)22/h8-9,11,15H,2-7,10H2,1H3/t11-,15?/m0/s1. The molecule has 1 unspecified atom stereocenters. The highest BCUT2D eigenvalue weighted by molar-refractivity contribution is 7.15. The molecule has 1 aromatic heterocycles. The van der Waals surface area contributed by atoms with Crippen molar-refractivity contribution in [1.29, 1.82) is 0 Å². The number of azo groups is 1. The first-order valence-corrected chi connectivity index (χ1v) is 11.2. The normalized spacial score (nSPS) is 20.1. The molecule has 9 nitrogen and oxygen atoms in total. The van der Waals surface area contributed by atoms with Crippen LogP contribution < -0.4 is 4.90 Å². The average Bonchev–Trinajstić information content (AvgIpc) is 3.27. The molecule has 0 N–H and O–H groups in total. The van der Waals surface area contributed by atoms with Crippen LogP contribution in [0.4, 0.5) is 31.5 Å². The Bertz CT molecular complexity index is 972. The highest BCUT2D eigenvalue weighted by atomic mass is 32.1. The zero-order valence-electron chi connectivity index (χ0n) is 18.3. The van der Waals surface area contributed by atoms with Crippen LogP contribution >= 0.6 is 11.3 Å². The largest absolute Gasteiger partial charge is 0.490 e. The SMILES string of the molecule is C[C@@H](COCCC(=O)N1CCN(c2ncc(C(F)(F)F)s2)CC1)OC1=CN=NC(=O)C1C(F)(F)F. The summed E-state index contributed by atoms with van der Waals surface area (Å²) >= 11 is 0.548. The number of hydrogen-bond donors (Lipinski definition) is 0. The van der Waals surface area contributed by atoms with Crippen LogP contribution in [0, 0.1) is 5.92 Å². The van der Waals surface area contributed by atoms with Crippen molar-refractivity contribution in [1.82, 2.24) is 9.88 Å². The lowest BCUT2D eigenvalue weighted by atomic mass is 10.1. The number of carbonyl (C=O) groups is 2. The molecule has 35 heavy (non-hydrogen) atoms. The number of carbonyl (C=O) groups excluding carboxylic acids is 2. The van der Waals surface area contributed by atoms with Crippen molar-refractivity contribution in [3.63, 3.8) is 0 Å². The van der Waals surface area contributed by atoms with Crippen molar-refractivity contribution in [2.24, 2.45) is 16.1 Å². The van der Waals surface area contributed by atoms with Crippen molar-refractivity contribution < 1.29 is 45.4 Å². The predicted octanol–water partition coefficient (Wildman–Crippen LogP) is 3.63. The molecule has 1 saturated heterocycles. The molecule has 0 saturated carbocycles. The lowest BCUT2D eigenvalue weighted by Gasteiger charge is -2.34. The smallest absolute Gasteiger partial charge is 0.427 e. The predicted molar refractivity (Wildman–Crippen MR) is 109 cm³/mol. The number of aromatic nitrogens is 1. The maximum Gasteiger partial charge on any atom is 0.427 e. The number of halogens is 6. The Labute approximate surface area is 199 Å². The summed E-state index contributed by atoms with van der Waals surface area (Å²) in [4.78, 5) is 30.1. The maximum absolute atomic E-state index is 13.1. The van der Waals surface area contributed by atoms with Crippen LogP contribution in [0.1, 0.15) is 18.2 Å². The summed E-state index contributed by atoms with van der Waals surface area (Å²) in [5.74, 6) is -4.90. The maximum atomic E-state index is 13.1. The molecule has 0 aromatic carbocycles. The molecule has 194 valence electrons. The third kappa shape index (κ3) is 7.13.